The number of nitro benzene ring substituents is 1. The van der Waals surface area contributed by atoms with Gasteiger partial charge in [-0.15, -0.1) is 0 Å². The highest BCUT2D eigenvalue weighted by atomic mass is 16.6. The number of nitrogens with zero attached hydrogens (tertiary/aromatic N) is 6. The van der Waals surface area contributed by atoms with Crippen molar-refractivity contribution < 1.29 is 19.7 Å². The molecule has 0 aliphatic rings. The van der Waals surface area contributed by atoms with Crippen LogP contribution in [0.15, 0.2) is 66.9 Å². The Morgan fingerprint density at radius 1 is 0.897 bits per heavy atom. The van der Waals surface area contributed by atoms with Gasteiger partial charge in [0.25, 0.3) is 11.4 Å². The van der Waals surface area contributed by atoms with E-state index in [0.717, 1.165) is 6.20 Å². The van der Waals surface area contributed by atoms with Crippen LogP contribution in [0.3, 0.4) is 0 Å². The lowest BCUT2D eigenvalue weighted by Gasteiger charge is -2.15. The van der Waals surface area contributed by atoms with Crippen LogP contribution in [-0.4, -0.2) is 49.0 Å². The Morgan fingerprint density at radius 3 is 2.13 bits per heavy atom. The molecule has 0 bridgehead atoms. The summed E-state index contributed by atoms with van der Waals surface area (Å²) in [5, 5.41) is 47.3. The van der Waals surface area contributed by atoms with Crippen LogP contribution in [0, 0.1) is 31.6 Å². The van der Waals surface area contributed by atoms with Crippen LogP contribution in [0.5, 0.6) is 0 Å². The van der Waals surface area contributed by atoms with Gasteiger partial charge in [-0.3, -0.25) is 20.2 Å². The maximum Gasteiger partial charge on any atom is 0.340 e. The molecule has 0 aliphatic heterocycles. The van der Waals surface area contributed by atoms with Gasteiger partial charge in [-0.05, 0) is 30.3 Å². The Kier molecular flexibility index (Phi) is 7.63. The number of nitrogens with one attached hydrogen (secondary N) is 2. The number of hydrogen-bond donors (Lipinski definition) is 3. The number of rotatable bonds is 10. The number of non-ortho nitro benzene ring substituents is 1. The molecule has 0 saturated carbocycles. The number of aromatic nitrogens is 3. The van der Waals surface area contributed by atoms with Crippen molar-refractivity contribution in [2.45, 2.75) is 0 Å². The van der Waals surface area contributed by atoms with Crippen LogP contribution in [0.25, 0.3) is 22.5 Å². The predicted molar refractivity (Wildman–Crippen MR) is 139 cm³/mol. The molecule has 2 aromatic carbocycles. The molecule has 0 radical (unpaired) electrons. The van der Waals surface area contributed by atoms with Gasteiger partial charge in [0.05, 0.1) is 32.9 Å². The van der Waals surface area contributed by atoms with Crippen LogP contribution in [0.4, 0.5) is 23.1 Å². The molecule has 194 valence electrons. The fourth-order valence-electron chi connectivity index (χ4n) is 3.60. The summed E-state index contributed by atoms with van der Waals surface area (Å²) < 4.78 is 0. The van der Waals surface area contributed by atoms with Crippen molar-refractivity contribution in [2.75, 3.05) is 23.7 Å². The Morgan fingerprint density at radius 2 is 1.54 bits per heavy atom. The fourth-order valence-corrected chi connectivity index (χ4v) is 3.60. The Hall–Kier alpha value is -5.97. The van der Waals surface area contributed by atoms with Crippen molar-refractivity contribution in [3.63, 3.8) is 0 Å². The number of hydrogen-bond acceptors (Lipinski definition) is 11. The normalized spacial score (nSPS) is 10.3. The van der Waals surface area contributed by atoms with Crippen molar-refractivity contribution in [1.82, 2.24) is 15.0 Å². The van der Waals surface area contributed by atoms with Crippen LogP contribution in [-0.2, 0) is 0 Å². The molecular formula is C25H18N8O6. The Bertz CT molecular complexity index is 1600. The lowest BCUT2D eigenvalue weighted by molar-refractivity contribution is -0.385. The van der Waals surface area contributed by atoms with E-state index in [4.69, 9.17) is 0 Å². The highest BCUT2D eigenvalue weighted by Gasteiger charge is 2.23. The molecule has 0 fully saturated rings. The molecule has 4 rings (SSSR count). The largest absolute Gasteiger partial charge is 0.478 e. The summed E-state index contributed by atoms with van der Waals surface area (Å²) in [4.78, 5) is 45.9. The minimum Gasteiger partial charge on any atom is -0.478 e. The molecule has 0 saturated heterocycles. The molecule has 14 heteroatoms. The fraction of sp³-hybridized carbons (Fsp3) is 0.0800. The monoisotopic (exact) mass is 526 g/mol. The van der Waals surface area contributed by atoms with Gasteiger partial charge >= 0.3 is 5.97 Å². The zero-order valence-electron chi connectivity index (χ0n) is 19.9. The lowest BCUT2D eigenvalue weighted by Crippen LogP contribution is -2.17. The van der Waals surface area contributed by atoms with E-state index in [0.29, 0.717) is 29.1 Å². The van der Waals surface area contributed by atoms with E-state index < -0.39 is 15.8 Å². The highest BCUT2D eigenvalue weighted by Crippen LogP contribution is 2.32. The van der Waals surface area contributed by atoms with E-state index in [1.165, 1.54) is 42.5 Å². The number of carboxylic acids is 1. The van der Waals surface area contributed by atoms with Crippen LogP contribution >= 0.6 is 0 Å². The van der Waals surface area contributed by atoms with Crippen molar-refractivity contribution in [2.24, 2.45) is 0 Å². The maximum absolute atomic E-state index is 12.4. The van der Waals surface area contributed by atoms with Crippen molar-refractivity contribution in [3.05, 3.63) is 98.2 Å². The first-order valence-corrected chi connectivity index (χ1v) is 11.3. The first-order valence-electron chi connectivity index (χ1n) is 11.3. The average Bonchev–Trinajstić information content (AvgIpc) is 2.95. The van der Waals surface area contributed by atoms with Crippen LogP contribution < -0.4 is 10.6 Å². The molecule has 0 amide bonds. The number of carbonyl (C=O) groups is 1. The molecule has 2 aromatic heterocycles. The second kappa shape index (κ2) is 11.4. The summed E-state index contributed by atoms with van der Waals surface area (Å²) in [6, 6.07) is 16.3. The second-order valence-electron chi connectivity index (χ2n) is 7.93. The number of benzene rings is 2. The second-order valence-corrected chi connectivity index (χ2v) is 7.93. The summed E-state index contributed by atoms with van der Waals surface area (Å²) in [6.07, 6.45) is 1.13. The molecule has 0 aliphatic carbocycles. The highest BCUT2D eigenvalue weighted by molar-refractivity contribution is 6.01. The molecule has 0 atom stereocenters. The summed E-state index contributed by atoms with van der Waals surface area (Å²) in [6.45, 7) is 0.559. The van der Waals surface area contributed by atoms with E-state index in [-0.39, 0.29) is 40.8 Å². The third-order valence-corrected chi connectivity index (χ3v) is 5.41. The summed E-state index contributed by atoms with van der Waals surface area (Å²) in [7, 11) is 0. The standard InChI is InChI=1S/C25H18N8O6/c26-13-15-2-1-3-17(12-15)23-21(24(34)35)22(16-4-6-18(7-5-16)32(36)37)30-25(31-23)28-11-10-27-20-9-8-19(14-29-20)33(38)39/h1-9,12,14H,10-11H2,(H,27,29)(H,34,35)(H,28,30,31). The molecule has 0 spiro atoms. The Labute approximate surface area is 219 Å². The zero-order chi connectivity index (χ0) is 27.9. The minimum absolute atomic E-state index is 0.0252. The summed E-state index contributed by atoms with van der Waals surface area (Å²) in [5.74, 6) is -0.840. The predicted octanol–water partition coefficient (Wildman–Crippen LogP) is 4.12. The number of carboxylic acid groups (broad SMARTS) is 1. The topological polar surface area (TPSA) is 210 Å². The van der Waals surface area contributed by atoms with Gasteiger partial charge in [0.1, 0.15) is 17.6 Å². The Balaban J connectivity index is 1.68. The smallest absolute Gasteiger partial charge is 0.340 e. The molecule has 2 heterocycles. The van der Waals surface area contributed by atoms with E-state index in [1.807, 2.05) is 6.07 Å². The molecule has 0 unspecified atom stereocenters. The van der Waals surface area contributed by atoms with Crippen molar-refractivity contribution >= 4 is 29.1 Å². The van der Waals surface area contributed by atoms with E-state index in [9.17, 15) is 35.4 Å². The number of nitriles is 1. The maximum atomic E-state index is 12.4. The molecule has 14 nitrogen and oxygen atoms in total. The van der Waals surface area contributed by atoms with Crippen molar-refractivity contribution in [1.29, 1.82) is 5.26 Å². The van der Waals surface area contributed by atoms with Gasteiger partial charge in [-0.2, -0.15) is 5.26 Å². The number of anilines is 2. The lowest BCUT2D eigenvalue weighted by atomic mass is 9.99. The van der Waals surface area contributed by atoms with Gasteiger partial charge in [0.2, 0.25) is 5.95 Å². The quantitative estimate of drug-likeness (QED) is 0.151. The van der Waals surface area contributed by atoms with Gasteiger partial charge in [-0.1, -0.05) is 12.1 Å². The summed E-state index contributed by atoms with van der Waals surface area (Å²) in [5.41, 5.74) is 0.509. The van der Waals surface area contributed by atoms with Crippen LogP contribution in [0.1, 0.15) is 15.9 Å². The summed E-state index contributed by atoms with van der Waals surface area (Å²) >= 11 is 0. The zero-order valence-corrected chi connectivity index (χ0v) is 19.9. The van der Waals surface area contributed by atoms with E-state index >= 15 is 0 Å². The molecule has 3 N–H and O–H groups in total. The molecule has 4 aromatic rings. The first-order chi connectivity index (χ1) is 18.8. The first kappa shape index (κ1) is 26.1. The van der Waals surface area contributed by atoms with Gasteiger partial charge in [-0.25, -0.2) is 19.7 Å². The minimum atomic E-state index is -1.32. The van der Waals surface area contributed by atoms with Gasteiger partial charge < -0.3 is 15.7 Å². The molecule has 39 heavy (non-hydrogen) atoms. The third-order valence-electron chi connectivity index (χ3n) is 5.41. The van der Waals surface area contributed by atoms with Gasteiger partial charge in [0, 0.05) is 42.4 Å². The number of pyridine rings is 1. The van der Waals surface area contributed by atoms with Crippen LogP contribution in [0.2, 0.25) is 0 Å². The SMILES string of the molecule is N#Cc1cccc(-c2nc(NCCNc3ccc([N+](=O)[O-])cn3)nc(-c3ccc([N+](=O)[O-])cc3)c2C(=O)O)c1. The third kappa shape index (κ3) is 6.06. The average molecular weight is 526 g/mol. The van der Waals surface area contributed by atoms with E-state index in [2.05, 4.69) is 25.6 Å². The van der Waals surface area contributed by atoms with Crippen molar-refractivity contribution in [3.8, 4) is 28.6 Å². The van der Waals surface area contributed by atoms with E-state index in [1.54, 1.807) is 18.2 Å². The number of nitro groups is 2. The van der Waals surface area contributed by atoms with Gasteiger partial charge in [0.15, 0.2) is 0 Å². The number of aromatic carboxylic acids is 1. The molecular weight excluding hydrogens is 508 g/mol.